The Hall–Kier alpha value is -1.60. The van der Waals surface area contributed by atoms with Crippen molar-refractivity contribution >= 4 is 5.69 Å². The molecule has 0 atom stereocenters. The van der Waals surface area contributed by atoms with Crippen LogP contribution in [0.15, 0.2) is 18.2 Å². The molecule has 0 unspecified atom stereocenters. The normalized spacial score (nSPS) is 10.4. The highest BCUT2D eigenvalue weighted by atomic mass is 19.1. The third kappa shape index (κ3) is 3.71. The van der Waals surface area contributed by atoms with Crippen LogP contribution in [0.3, 0.4) is 0 Å². The minimum absolute atomic E-state index is 0.200. The Bertz CT molecular complexity index is 426. The Morgan fingerprint density at radius 3 is 2.72 bits per heavy atom. The lowest BCUT2D eigenvalue weighted by Crippen LogP contribution is -2.30. The molecule has 0 fully saturated rings. The first-order chi connectivity index (χ1) is 8.60. The third-order valence-electron chi connectivity index (χ3n) is 2.64. The summed E-state index contributed by atoms with van der Waals surface area (Å²) in [6.45, 7) is 5.02. The van der Waals surface area contributed by atoms with Gasteiger partial charge in [-0.3, -0.25) is 0 Å². The van der Waals surface area contributed by atoms with Crippen LogP contribution in [0.4, 0.5) is 10.1 Å². The summed E-state index contributed by atoms with van der Waals surface area (Å²) in [5.41, 5.74) is 0.984. The summed E-state index contributed by atoms with van der Waals surface area (Å²) in [5.74, 6) is 0.00924. The molecule has 4 heteroatoms. The molecule has 0 spiro atoms. The Kier molecular flexibility index (Phi) is 5.60. The van der Waals surface area contributed by atoms with Crippen LogP contribution in [0.1, 0.15) is 25.8 Å². The highest BCUT2D eigenvalue weighted by molar-refractivity contribution is 5.54. The summed E-state index contributed by atoms with van der Waals surface area (Å²) in [6, 6.07) is 6.75. The molecule has 0 aliphatic rings. The maximum atomic E-state index is 13.9. The number of benzene rings is 1. The maximum absolute atomic E-state index is 13.9. The minimum atomic E-state index is -0.347. The molecule has 3 nitrogen and oxygen atoms in total. The van der Waals surface area contributed by atoms with Gasteiger partial charge in [0, 0.05) is 18.7 Å². The molecule has 0 aromatic heterocycles. The van der Waals surface area contributed by atoms with E-state index in [1.165, 1.54) is 6.07 Å². The van der Waals surface area contributed by atoms with Crippen LogP contribution < -0.4 is 4.90 Å². The van der Waals surface area contributed by atoms with E-state index in [4.69, 9.17) is 5.26 Å². The average Bonchev–Trinajstić information content (AvgIpc) is 2.34. The first-order valence-electron chi connectivity index (χ1n) is 6.10. The third-order valence-corrected chi connectivity index (χ3v) is 2.64. The largest absolute Gasteiger partial charge is 0.392 e. The number of para-hydroxylation sites is 1. The van der Waals surface area contributed by atoms with Gasteiger partial charge in [0.05, 0.1) is 24.8 Å². The van der Waals surface area contributed by atoms with Crippen LogP contribution in [-0.2, 0) is 6.61 Å². The van der Waals surface area contributed by atoms with Gasteiger partial charge in [-0.05, 0) is 12.0 Å². The van der Waals surface area contributed by atoms with Gasteiger partial charge < -0.3 is 10.0 Å². The molecule has 1 aromatic carbocycles. The number of nitriles is 1. The highest BCUT2D eigenvalue weighted by Crippen LogP contribution is 2.25. The fourth-order valence-electron chi connectivity index (χ4n) is 1.96. The Labute approximate surface area is 107 Å². The van der Waals surface area contributed by atoms with E-state index in [0.29, 0.717) is 36.7 Å². The second-order valence-corrected chi connectivity index (χ2v) is 4.65. The number of aliphatic hydroxyl groups is 1. The monoisotopic (exact) mass is 250 g/mol. The van der Waals surface area contributed by atoms with Crippen molar-refractivity contribution < 1.29 is 9.50 Å². The molecule has 0 heterocycles. The summed E-state index contributed by atoms with van der Waals surface area (Å²) in [4.78, 5) is 1.84. The minimum Gasteiger partial charge on any atom is -0.392 e. The molecule has 0 saturated heterocycles. The molecule has 0 aliphatic carbocycles. The number of hydrogen-bond donors (Lipinski definition) is 1. The molecule has 18 heavy (non-hydrogen) atoms. The zero-order valence-electron chi connectivity index (χ0n) is 10.9. The number of anilines is 1. The molecule has 98 valence electrons. The Morgan fingerprint density at radius 2 is 2.17 bits per heavy atom. The van der Waals surface area contributed by atoms with Crippen molar-refractivity contribution in [1.29, 1.82) is 5.26 Å². The van der Waals surface area contributed by atoms with E-state index in [9.17, 15) is 9.50 Å². The summed E-state index contributed by atoms with van der Waals surface area (Å²) in [6.07, 6.45) is 0.339. The van der Waals surface area contributed by atoms with Crippen molar-refractivity contribution in [3.8, 4) is 6.07 Å². The van der Waals surface area contributed by atoms with Gasteiger partial charge in [-0.15, -0.1) is 0 Å². The number of aliphatic hydroxyl groups excluding tert-OH is 1. The topological polar surface area (TPSA) is 47.3 Å². The maximum Gasteiger partial charge on any atom is 0.146 e. The van der Waals surface area contributed by atoms with Gasteiger partial charge in [-0.1, -0.05) is 26.0 Å². The second kappa shape index (κ2) is 6.97. The van der Waals surface area contributed by atoms with Gasteiger partial charge in [0.15, 0.2) is 0 Å². The van der Waals surface area contributed by atoms with Crippen LogP contribution in [-0.4, -0.2) is 18.2 Å². The van der Waals surface area contributed by atoms with Crippen LogP contribution in [0.25, 0.3) is 0 Å². The average molecular weight is 250 g/mol. The first-order valence-corrected chi connectivity index (χ1v) is 6.10. The first kappa shape index (κ1) is 14.5. The van der Waals surface area contributed by atoms with Gasteiger partial charge in [0.2, 0.25) is 0 Å². The smallest absolute Gasteiger partial charge is 0.146 e. The zero-order chi connectivity index (χ0) is 13.5. The van der Waals surface area contributed by atoms with E-state index in [1.807, 2.05) is 18.7 Å². The van der Waals surface area contributed by atoms with Crippen molar-refractivity contribution in [2.45, 2.75) is 26.9 Å². The van der Waals surface area contributed by atoms with Crippen molar-refractivity contribution in [2.24, 2.45) is 5.92 Å². The SMILES string of the molecule is CC(C)CN(CCC#N)c1c(F)cccc1CO. The fraction of sp³-hybridized carbons (Fsp3) is 0.500. The quantitative estimate of drug-likeness (QED) is 0.844. The van der Waals surface area contributed by atoms with Gasteiger partial charge in [0.1, 0.15) is 5.82 Å². The number of nitrogens with zero attached hydrogens (tertiary/aromatic N) is 2. The van der Waals surface area contributed by atoms with Crippen molar-refractivity contribution in [3.05, 3.63) is 29.6 Å². The van der Waals surface area contributed by atoms with Gasteiger partial charge in [-0.25, -0.2) is 4.39 Å². The lowest BCUT2D eigenvalue weighted by Gasteiger charge is -2.28. The van der Waals surface area contributed by atoms with E-state index < -0.39 is 0 Å². The molecule has 0 aliphatic heterocycles. The van der Waals surface area contributed by atoms with Gasteiger partial charge >= 0.3 is 0 Å². The highest BCUT2D eigenvalue weighted by Gasteiger charge is 2.16. The standard InChI is InChI=1S/C14H19FN2O/c1-11(2)9-17(8-4-7-16)14-12(10-18)5-3-6-13(14)15/h3,5-6,11,18H,4,8-10H2,1-2H3. The summed E-state index contributed by atoms with van der Waals surface area (Å²) >= 11 is 0. The van der Waals surface area contributed by atoms with Crippen molar-refractivity contribution in [2.75, 3.05) is 18.0 Å². The van der Waals surface area contributed by atoms with Crippen molar-refractivity contribution in [1.82, 2.24) is 0 Å². The van der Waals surface area contributed by atoms with Crippen LogP contribution >= 0.6 is 0 Å². The predicted octanol–water partition coefficient (Wildman–Crippen LogP) is 2.69. The van der Waals surface area contributed by atoms with Gasteiger partial charge in [-0.2, -0.15) is 5.26 Å². The molecule has 0 saturated carbocycles. The van der Waals surface area contributed by atoms with Gasteiger partial charge in [0.25, 0.3) is 0 Å². The number of halogens is 1. The Morgan fingerprint density at radius 1 is 1.44 bits per heavy atom. The van der Waals surface area contributed by atoms with E-state index in [0.717, 1.165) is 0 Å². The molecule has 0 radical (unpaired) electrons. The predicted molar refractivity (Wildman–Crippen MR) is 69.6 cm³/mol. The second-order valence-electron chi connectivity index (χ2n) is 4.65. The molecular formula is C14H19FN2O. The fourth-order valence-corrected chi connectivity index (χ4v) is 1.96. The molecule has 1 aromatic rings. The molecule has 0 amide bonds. The van der Waals surface area contributed by atoms with E-state index in [1.54, 1.807) is 12.1 Å². The van der Waals surface area contributed by atoms with Crippen molar-refractivity contribution in [3.63, 3.8) is 0 Å². The molecule has 0 bridgehead atoms. The molecule has 1 rings (SSSR count). The molecule has 1 N–H and O–H groups in total. The summed E-state index contributed by atoms with van der Waals surface area (Å²) in [5, 5.41) is 18.0. The Balaban J connectivity index is 3.07. The van der Waals surface area contributed by atoms with Crippen LogP contribution in [0.2, 0.25) is 0 Å². The van der Waals surface area contributed by atoms with E-state index >= 15 is 0 Å². The number of hydrogen-bond acceptors (Lipinski definition) is 3. The summed E-state index contributed by atoms with van der Waals surface area (Å²) in [7, 11) is 0. The summed E-state index contributed by atoms with van der Waals surface area (Å²) < 4.78 is 13.9. The lowest BCUT2D eigenvalue weighted by molar-refractivity contribution is 0.281. The number of rotatable bonds is 6. The molecular weight excluding hydrogens is 231 g/mol. The van der Waals surface area contributed by atoms with E-state index in [-0.39, 0.29) is 12.4 Å². The zero-order valence-corrected chi connectivity index (χ0v) is 10.9. The van der Waals surface area contributed by atoms with E-state index in [2.05, 4.69) is 6.07 Å². The lowest BCUT2D eigenvalue weighted by atomic mass is 10.1. The van der Waals surface area contributed by atoms with Crippen LogP contribution in [0.5, 0.6) is 0 Å². The van der Waals surface area contributed by atoms with Crippen LogP contribution in [0, 0.1) is 23.1 Å².